The number of fused-ring (bicyclic) bond motifs is 1. The molecule has 1 saturated heterocycles. The van der Waals surface area contributed by atoms with Crippen LogP contribution in [0.5, 0.6) is 0 Å². The van der Waals surface area contributed by atoms with Crippen LogP contribution < -0.4 is 0 Å². The molecule has 29 heavy (non-hydrogen) atoms. The van der Waals surface area contributed by atoms with Crippen LogP contribution in [0.2, 0.25) is 0 Å². The Morgan fingerprint density at radius 1 is 1.28 bits per heavy atom. The van der Waals surface area contributed by atoms with Gasteiger partial charge in [0.05, 0.1) is 12.2 Å². The Morgan fingerprint density at radius 3 is 2.76 bits per heavy atom. The lowest BCUT2D eigenvalue weighted by molar-refractivity contribution is 0.0226. The van der Waals surface area contributed by atoms with Crippen LogP contribution >= 0.6 is 0 Å². The molecule has 0 aromatic heterocycles. The first-order chi connectivity index (χ1) is 13.8. The van der Waals surface area contributed by atoms with Gasteiger partial charge >= 0.3 is 0 Å². The maximum atomic E-state index is 13.2. The fourth-order valence-electron chi connectivity index (χ4n) is 6.87. The van der Waals surface area contributed by atoms with Crippen molar-refractivity contribution in [2.24, 2.45) is 23.2 Å². The van der Waals surface area contributed by atoms with Crippen LogP contribution in [0.3, 0.4) is 0 Å². The van der Waals surface area contributed by atoms with Gasteiger partial charge < -0.3 is 10.2 Å². The average molecular weight is 404 g/mol. The van der Waals surface area contributed by atoms with Crippen LogP contribution in [-0.4, -0.2) is 53.1 Å². The first kappa shape index (κ1) is 21.3. The Hall–Kier alpha value is -0.970. The van der Waals surface area contributed by atoms with Crippen molar-refractivity contribution in [3.63, 3.8) is 0 Å². The highest BCUT2D eigenvalue weighted by Crippen LogP contribution is 2.59. The Bertz CT molecular complexity index is 695. The minimum atomic E-state index is -0.623. The number of halogens is 1. The van der Waals surface area contributed by atoms with Crippen molar-refractivity contribution in [1.82, 2.24) is 4.90 Å². The van der Waals surface area contributed by atoms with Gasteiger partial charge in [0.1, 0.15) is 6.17 Å². The Morgan fingerprint density at radius 2 is 2.03 bits per heavy atom. The van der Waals surface area contributed by atoms with Gasteiger partial charge in [-0.25, -0.2) is 4.39 Å². The number of aliphatic hydroxyl groups is 2. The molecule has 1 unspecified atom stereocenters. The van der Waals surface area contributed by atoms with E-state index < -0.39 is 18.4 Å². The van der Waals surface area contributed by atoms with E-state index in [1.165, 1.54) is 31.3 Å². The average Bonchev–Trinajstić information content (AvgIpc) is 2.99. The van der Waals surface area contributed by atoms with Crippen molar-refractivity contribution >= 4 is 0 Å². The van der Waals surface area contributed by atoms with Gasteiger partial charge in [-0.15, -0.1) is 0 Å². The third-order valence-corrected chi connectivity index (χ3v) is 8.45. The first-order valence-corrected chi connectivity index (χ1v) is 11.6. The molecule has 162 valence electrons. The molecule has 2 N–H and O–H groups in total. The van der Waals surface area contributed by atoms with E-state index in [0.717, 1.165) is 24.1 Å². The molecule has 0 bridgehead atoms. The Kier molecular flexibility index (Phi) is 6.07. The molecule has 4 fully saturated rings. The maximum absolute atomic E-state index is 13.2. The molecule has 3 nitrogen and oxygen atoms in total. The summed E-state index contributed by atoms with van der Waals surface area (Å²) >= 11 is 0. The topological polar surface area (TPSA) is 43.7 Å². The van der Waals surface area contributed by atoms with Crippen LogP contribution in [0.4, 0.5) is 4.39 Å². The third kappa shape index (κ3) is 4.13. The van der Waals surface area contributed by atoms with E-state index in [4.69, 9.17) is 0 Å². The summed E-state index contributed by atoms with van der Waals surface area (Å²) < 4.78 is 13.2. The molecule has 0 aromatic carbocycles. The number of hydrogen-bond donors (Lipinski definition) is 2. The molecule has 0 spiro atoms. The largest absolute Gasteiger partial charge is 0.393 e. The molecule has 1 heterocycles. The second-order valence-electron chi connectivity index (χ2n) is 10.5. The van der Waals surface area contributed by atoms with Gasteiger partial charge in [-0.1, -0.05) is 38.2 Å². The van der Waals surface area contributed by atoms with E-state index in [1.54, 1.807) is 0 Å². The lowest BCUT2D eigenvalue weighted by Gasteiger charge is -2.46. The predicted molar refractivity (Wildman–Crippen MR) is 115 cm³/mol. The molecular formula is C25H38FNO2. The van der Waals surface area contributed by atoms with Crippen LogP contribution in [0.15, 0.2) is 35.5 Å². The monoisotopic (exact) mass is 403 g/mol. The number of aliphatic hydroxyl groups excluding tert-OH is 2. The zero-order valence-electron chi connectivity index (χ0n) is 18.1. The number of likely N-dealkylation sites (tertiary alicyclic amines) is 1. The number of hydrogen-bond acceptors (Lipinski definition) is 3. The highest BCUT2D eigenvalue weighted by molar-refractivity contribution is 5.38. The van der Waals surface area contributed by atoms with Gasteiger partial charge in [0, 0.05) is 26.1 Å². The van der Waals surface area contributed by atoms with Gasteiger partial charge in [-0.3, -0.25) is 4.90 Å². The lowest BCUT2D eigenvalue weighted by Crippen LogP contribution is -2.51. The van der Waals surface area contributed by atoms with Crippen molar-refractivity contribution in [3.8, 4) is 0 Å². The summed E-state index contributed by atoms with van der Waals surface area (Å²) in [6, 6.07) is 0. The summed E-state index contributed by atoms with van der Waals surface area (Å²) in [5.41, 5.74) is 3.64. The highest BCUT2D eigenvalue weighted by atomic mass is 19.1. The second-order valence-corrected chi connectivity index (χ2v) is 10.5. The SMILES string of the molecule is C=C1/C(=C\C=C2/CCC[C@]3(C)C([C@H](C)CN4CC(F)C4)CC[C@@H]23)C[C@@H](O)C[C@@H]1O. The van der Waals surface area contributed by atoms with Gasteiger partial charge in [0.2, 0.25) is 0 Å². The summed E-state index contributed by atoms with van der Waals surface area (Å²) in [4.78, 5) is 2.28. The summed E-state index contributed by atoms with van der Waals surface area (Å²) in [7, 11) is 0. The zero-order chi connectivity index (χ0) is 20.8. The summed E-state index contributed by atoms with van der Waals surface area (Å²) in [6.07, 6.45) is 9.86. The van der Waals surface area contributed by atoms with E-state index >= 15 is 0 Å². The minimum absolute atomic E-state index is 0.338. The van der Waals surface area contributed by atoms with Crippen LogP contribution in [0, 0.1) is 23.2 Å². The maximum Gasteiger partial charge on any atom is 0.125 e. The van der Waals surface area contributed by atoms with E-state index in [-0.39, 0.29) is 0 Å². The van der Waals surface area contributed by atoms with Gasteiger partial charge in [-0.2, -0.15) is 0 Å². The van der Waals surface area contributed by atoms with Crippen molar-refractivity contribution < 1.29 is 14.6 Å². The number of rotatable bonds is 4. The highest BCUT2D eigenvalue weighted by Gasteiger charge is 2.51. The quantitative estimate of drug-likeness (QED) is 0.730. The van der Waals surface area contributed by atoms with Crippen LogP contribution in [-0.2, 0) is 0 Å². The van der Waals surface area contributed by atoms with Crippen LogP contribution in [0.25, 0.3) is 0 Å². The lowest BCUT2D eigenvalue weighted by atomic mass is 9.61. The molecule has 4 aliphatic rings. The van der Waals surface area contributed by atoms with Crippen molar-refractivity contribution in [2.45, 2.75) is 77.2 Å². The standard InChI is InChI=1S/C25H38FNO2/c1-16(13-27-14-20(26)15-27)22-8-9-23-18(5-4-10-25(22,23)3)6-7-19-11-21(28)12-24(29)17(19)2/h6-7,16,20-24,28-29H,2,4-5,8-15H2,1,3H3/b18-6+,19-7-/t16-,21-,22?,23+,24+,25-/m1/s1. The molecule has 6 atom stereocenters. The molecule has 4 heteroatoms. The fourth-order valence-corrected chi connectivity index (χ4v) is 6.87. The van der Waals surface area contributed by atoms with E-state index in [9.17, 15) is 14.6 Å². The Labute approximate surface area is 175 Å². The molecule has 3 aliphatic carbocycles. The number of alkyl halides is 1. The summed E-state index contributed by atoms with van der Waals surface area (Å²) in [6.45, 7) is 11.2. The zero-order valence-corrected chi connectivity index (χ0v) is 18.1. The molecule has 0 radical (unpaired) electrons. The van der Waals surface area contributed by atoms with Gasteiger partial charge in [0.25, 0.3) is 0 Å². The first-order valence-electron chi connectivity index (χ1n) is 11.6. The predicted octanol–water partition coefficient (Wildman–Crippen LogP) is 4.42. The smallest absolute Gasteiger partial charge is 0.125 e. The third-order valence-electron chi connectivity index (χ3n) is 8.45. The number of nitrogens with zero attached hydrogens (tertiary/aromatic N) is 1. The van der Waals surface area contributed by atoms with Crippen molar-refractivity contribution in [1.29, 1.82) is 0 Å². The molecular weight excluding hydrogens is 365 g/mol. The summed E-state index contributed by atoms with van der Waals surface area (Å²) in [5.74, 6) is 1.94. The fraction of sp³-hybridized carbons (Fsp3) is 0.760. The second kappa shape index (κ2) is 8.28. The van der Waals surface area contributed by atoms with E-state index in [0.29, 0.717) is 49.1 Å². The molecule has 3 saturated carbocycles. The molecule has 1 aliphatic heterocycles. The minimum Gasteiger partial charge on any atom is -0.393 e. The van der Waals surface area contributed by atoms with Crippen molar-refractivity contribution in [2.75, 3.05) is 19.6 Å². The van der Waals surface area contributed by atoms with Crippen molar-refractivity contribution in [3.05, 3.63) is 35.5 Å². The van der Waals surface area contributed by atoms with Gasteiger partial charge in [0.15, 0.2) is 0 Å². The van der Waals surface area contributed by atoms with E-state index in [1.807, 2.05) is 0 Å². The molecule has 0 amide bonds. The molecule has 0 aromatic rings. The van der Waals surface area contributed by atoms with E-state index in [2.05, 4.69) is 37.5 Å². The van der Waals surface area contributed by atoms with Gasteiger partial charge in [-0.05, 0) is 72.8 Å². The van der Waals surface area contributed by atoms with Crippen LogP contribution in [0.1, 0.15) is 58.8 Å². The number of allylic oxidation sites excluding steroid dienone is 3. The summed E-state index contributed by atoms with van der Waals surface area (Å²) in [5, 5.41) is 20.1. The molecule has 4 rings (SSSR count). The Balaban J connectivity index is 1.47. The normalized spacial score (nSPS) is 42.9.